The molecule has 21 heavy (non-hydrogen) atoms. The van der Waals surface area contributed by atoms with Crippen LogP contribution in [0.2, 0.25) is 0 Å². The van der Waals surface area contributed by atoms with Gasteiger partial charge < -0.3 is 20.5 Å². The van der Waals surface area contributed by atoms with Crippen LogP contribution in [-0.4, -0.2) is 26.3 Å². The van der Waals surface area contributed by atoms with Crippen LogP contribution in [0, 0.1) is 6.92 Å². The van der Waals surface area contributed by atoms with Crippen LogP contribution in [-0.2, 0) is 0 Å². The molecule has 0 bridgehead atoms. The average Bonchev–Trinajstić information content (AvgIpc) is 2.53. The number of aryl methyl sites for hydroxylation is 1. The molecule has 2 aromatic rings. The molecule has 4 nitrogen and oxygen atoms in total. The number of hydrogen-bond donors (Lipinski definition) is 2. The second-order valence-electron chi connectivity index (χ2n) is 5.22. The van der Waals surface area contributed by atoms with Crippen molar-refractivity contribution in [2.45, 2.75) is 13.0 Å². The van der Waals surface area contributed by atoms with Gasteiger partial charge >= 0.3 is 0 Å². The number of nitrogens with two attached hydrogens (primary N) is 1. The molecule has 0 amide bonds. The highest BCUT2D eigenvalue weighted by Crippen LogP contribution is 2.40. The monoisotopic (exact) mass is 284 g/mol. The third-order valence-electron chi connectivity index (χ3n) is 3.81. The van der Waals surface area contributed by atoms with E-state index in [4.69, 9.17) is 15.2 Å². The number of ether oxygens (including phenoxy) is 2. The first-order valence-corrected chi connectivity index (χ1v) is 7.11. The van der Waals surface area contributed by atoms with Crippen molar-refractivity contribution in [2.24, 2.45) is 5.73 Å². The smallest absolute Gasteiger partial charge is 0.150 e. The molecule has 0 radical (unpaired) electrons. The fraction of sp³-hybridized carbons (Fsp3) is 0.294. The van der Waals surface area contributed by atoms with E-state index in [1.807, 2.05) is 24.3 Å². The molecule has 1 heterocycles. The maximum absolute atomic E-state index is 6.06. The molecular formula is C17H20N2O2. The summed E-state index contributed by atoms with van der Waals surface area (Å²) >= 11 is 0. The van der Waals surface area contributed by atoms with Gasteiger partial charge in [0.15, 0.2) is 5.75 Å². The predicted molar refractivity (Wildman–Crippen MR) is 85.1 cm³/mol. The van der Waals surface area contributed by atoms with Crippen molar-refractivity contribution >= 4 is 5.69 Å². The van der Waals surface area contributed by atoms with E-state index in [1.165, 1.54) is 0 Å². The van der Waals surface area contributed by atoms with Crippen molar-refractivity contribution in [3.8, 4) is 22.6 Å². The van der Waals surface area contributed by atoms with Gasteiger partial charge in [0.1, 0.15) is 11.9 Å². The van der Waals surface area contributed by atoms with Crippen LogP contribution in [0.4, 0.5) is 5.69 Å². The second-order valence-corrected chi connectivity index (χ2v) is 5.22. The molecular weight excluding hydrogens is 264 g/mol. The Kier molecular flexibility index (Phi) is 3.71. The fourth-order valence-electron chi connectivity index (χ4n) is 2.64. The quantitative estimate of drug-likeness (QED) is 0.910. The molecule has 0 saturated carbocycles. The Morgan fingerprint density at radius 1 is 1.29 bits per heavy atom. The predicted octanol–water partition coefficient (Wildman–Crippen LogP) is 2.80. The van der Waals surface area contributed by atoms with Crippen molar-refractivity contribution in [3.05, 3.63) is 42.0 Å². The van der Waals surface area contributed by atoms with E-state index in [0.717, 1.165) is 40.4 Å². The standard InChI is InChI=1S/C17H20N2O2/c1-11-8-12(20-2)6-7-14(11)15-4-3-5-16-17(15)21-13(9-18)10-19-16/h3-8,13,19H,9-10,18H2,1-2H3/t13-/m1/s1. The molecule has 0 saturated heterocycles. The van der Waals surface area contributed by atoms with Gasteiger partial charge in [-0.25, -0.2) is 0 Å². The third-order valence-corrected chi connectivity index (χ3v) is 3.81. The third kappa shape index (κ3) is 2.54. The van der Waals surface area contributed by atoms with Crippen molar-refractivity contribution in [1.82, 2.24) is 0 Å². The summed E-state index contributed by atoms with van der Waals surface area (Å²) in [5.41, 5.74) is 10.1. The largest absolute Gasteiger partial charge is 0.497 e. The van der Waals surface area contributed by atoms with Crippen molar-refractivity contribution in [1.29, 1.82) is 0 Å². The molecule has 2 aromatic carbocycles. The van der Waals surface area contributed by atoms with Gasteiger partial charge in [-0.1, -0.05) is 18.2 Å². The lowest BCUT2D eigenvalue weighted by Gasteiger charge is -2.28. The van der Waals surface area contributed by atoms with E-state index >= 15 is 0 Å². The van der Waals surface area contributed by atoms with Crippen LogP contribution in [0.15, 0.2) is 36.4 Å². The lowest BCUT2D eigenvalue weighted by molar-refractivity contribution is 0.215. The average molecular weight is 284 g/mol. The normalized spacial score (nSPS) is 16.6. The molecule has 0 aromatic heterocycles. The van der Waals surface area contributed by atoms with Crippen LogP contribution in [0.3, 0.4) is 0 Å². The maximum Gasteiger partial charge on any atom is 0.150 e. The highest BCUT2D eigenvalue weighted by Gasteiger charge is 2.21. The number of para-hydroxylation sites is 1. The Bertz CT molecular complexity index is 655. The van der Waals surface area contributed by atoms with Gasteiger partial charge in [-0.2, -0.15) is 0 Å². The summed E-state index contributed by atoms with van der Waals surface area (Å²) in [6.45, 7) is 3.32. The number of anilines is 1. The minimum atomic E-state index is 0.0113. The van der Waals surface area contributed by atoms with E-state index in [-0.39, 0.29) is 6.10 Å². The molecule has 0 fully saturated rings. The summed E-state index contributed by atoms with van der Waals surface area (Å²) < 4.78 is 11.3. The second kappa shape index (κ2) is 5.66. The summed E-state index contributed by atoms with van der Waals surface area (Å²) in [6.07, 6.45) is 0.0113. The highest BCUT2D eigenvalue weighted by atomic mass is 16.5. The van der Waals surface area contributed by atoms with Gasteiger partial charge in [0.25, 0.3) is 0 Å². The lowest BCUT2D eigenvalue weighted by atomic mass is 9.98. The Morgan fingerprint density at radius 2 is 2.14 bits per heavy atom. The molecule has 0 spiro atoms. The first-order chi connectivity index (χ1) is 10.2. The van der Waals surface area contributed by atoms with Gasteiger partial charge in [-0.05, 0) is 36.2 Å². The molecule has 0 unspecified atom stereocenters. The van der Waals surface area contributed by atoms with Crippen molar-refractivity contribution < 1.29 is 9.47 Å². The van der Waals surface area contributed by atoms with E-state index in [1.54, 1.807) is 7.11 Å². The Labute approximate surface area is 124 Å². The summed E-state index contributed by atoms with van der Waals surface area (Å²) in [5.74, 6) is 1.74. The zero-order valence-electron chi connectivity index (χ0n) is 12.3. The first-order valence-electron chi connectivity index (χ1n) is 7.11. The topological polar surface area (TPSA) is 56.5 Å². The Morgan fingerprint density at radius 3 is 2.86 bits per heavy atom. The number of hydrogen-bond acceptors (Lipinski definition) is 4. The van der Waals surface area contributed by atoms with Crippen LogP contribution in [0.5, 0.6) is 11.5 Å². The number of benzene rings is 2. The summed E-state index contributed by atoms with van der Waals surface area (Å²) in [5, 5.41) is 3.39. The SMILES string of the molecule is COc1ccc(-c2cccc3c2O[C@H](CN)CN3)c(C)c1. The molecule has 1 aliphatic rings. The molecule has 1 aliphatic heterocycles. The van der Waals surface area contributed by atoms with Gasteiger partial charge in [-0.3, -0.25) is 0 Å². The van der Waals surface area contributed by atoms with Gasteiger partial charge in [0, 0.05) is 12.1 Å². The van der Waals surface area contributed by atoms with Crippen molar-refractivity contribution in [3.63, 3.8) is 0 Å². The van der Waals surface area contributed by atoms with Crippen LogP contribution >= 0.6 is 0 Å². The van der Waals surface area contributed by atoms with Crippen molar-refractivity contribution in [2.75, 3.05) is 25.5 Å². The zero-order chi connectivity index (χ0) is 14.8. The Hall–Kier alpha value is -2.20. The highest BCUT2D eigenvalue weighted by molar-refractivity contribution is 5.80. The molecule has 4 heteroatoms. The van der Waals surface area contributed by atoms with E-state index in [0.29, 0.717) is 6.54 Å². The minimum absolute atomic E-state index is 0.0113. The summed E-state index contributed by atoms with van der Waals surface area (Å²) in [6, 6.07) is 12.2. The number of fused-ring (bicyclic) bond motifs is 1. The van der Waals surface area contributed by atoms with E-state index in [2.05, 4.69) is 24.4 Å². The van der Waals surface area contributed by atoms with Crippen LogP contribution in [0.1, 0.15) is 5.56 Å². The molecule has 3 N–H and O–H groups in total. The molecule has 1 atom stereocenters. The lowest BCUT2D eigenvalue weighted by Crippen LogP contribution is -2.37. The van der Waals surface area contributed by atoms with Crippen LogP contribution in [0.25, 0.3) is 11.1 Å². The fourth-order valence-corrected chi connectivity index (χ4v) is 2.64. The van der Waals surface area contributed by atoms with E-state index < -0.39 is 0 Å². The van der Waals surface area contributed by atoms with Crippen LogP contribution < -0.4 is 20.5 Å². The molecule has 3 rings (SSSR count). The number of methoxy groups -OCH3 is 1. The number of nitrogens with one attached hydrogen (secondary N) is 1. The molecule has 0 aliphatic carbocycles. The molecule has 110 valence electrons. The minimum Gasteiger partial charge on any atom is -0.497 e. The summed E-state index contributed by atoms with van der Waals surface area (Å²) in [7, 11) is 1.68. The maximum atomic E-state index is 6.06. The van der Waals surface area contributed by atoms with Gasteiger partial charge in [0.2, 0.25) is 0 Å². The number of rotatable bonds is 3. The van der Waals surface area contributed by atoms with Gasteiger partial charge in [0.05, 0.1) is 19.3 Å². The van der Waals surface area contributed by atoms with Gasteiger partial charge in [-0.15, -0.1) is 0 Å². The first kappa shape index (κ1) is 13.8. The zero-order valence-corrected chi connectivity index (χ0v) is 12.3. The summed E-state index contributed by atoms with van der Waals surface area (Å²) in [4.78, 5) is 0. The Balaban J connectivity index is 2.07. The van der Waals surface area contributed by atoms with E-state index in [9.17, 15) is 0 Å².